The van der Waals surface area contributed by atoms with Crippen LogP contribution in [-0.4, -0.2) is 33.4 Å². The largest absolute Gasteiger partial charge is 0.496 e. The first-order valence-electron chi connectivity index (χ1n) is 7.57. The van der Waals surface area contributed by atoms with Crippen molar-refractivity contribution in [2.75, 3.05) is 12.4 Å². The molecule has 128 valence electrons. The number of nitrogens with zero attached hydrogens (tertiary/aromatic N) is 2. The SMILES string of the molecule is COc1ccccc1-c1cc(NC(=O)c2c(C)c(C)n[nH]c2=O)n[nH]1. The number of hydrogen-bond donors (Lipinski definition) is 3. The van der Waals surface area contributed by atoms with E-state index in [9.17, 15) is 9.59 Å². The lowest BCUT2D eigenvalue weighted by molar-refractivity contribution is 0.102. The number of nitrogens with one attached hydrogen (secondary N) is 3. The Morgan fingerprint density at radius 1 is 1.16 bits per heavy atom. The fraction of sp³-hybridized carbons (Fsp3) is 0.176. The van der Waals surface area contributed by atoms with E-state index in [4.69, 9.17) is 4.74 Å². The summed E-state index contributed by atoms with van der Waals surface area (Å²) in [5.74, 6) is 0.447. The van der Waals surface area contributed by atoms with Crippen LogP contribution in [0.4, 0.5) is 5.82 Å². The molecule has 0 unspecified atom stereocenters. The number of amides is 1. The summed E-state index contributed by atoms with van der Waals surface area (Å²) >= 11 is 0. The van der Waals surface area contributed by atoms with Crippen molar-refractivity contribution >= 4 is 11.7 Å². The highest BCUT2D eigenvalue weighted by Gasteiger charge is 2.18. The molecule has 0 saturated carbocycles. The van der Waals surface area contributed by atoms with Gasteiger partial charge in [0.1, 0.15) is 11.3 Å². The number of para-hydroxylation sites is 1. The van der Waals surface area contributed by atoms with E-state index in [1.807, 2.05) is 24.3 Å². The molecular formula is C17H17N5O3. The second-order valence-corrected chi connectivity index (χ2v) is 5.46. The van der Waals surface area contributed by atoms with Gasteiger partial charge in [0.05, 0.1) is 18.5 Å². The molecule has 0 radical (unpaired) electrons. The van der Waals surface area contributed by atoms with Gasteiger partial charge in [-0.2, -0.15) is 10.2 Å². The number of anilines is 1. The Bertz CT molecular complexity index is 990. The summed E-state index contributed by atoms with van der Waals surface area (Å²) in [5, 5.41) is 15.7. The van der Waals surface area contributed by atoms with Crippen LogP contribution in [0.1, 0.15) is 21.6 Å². The zero-order chi connectivity index (χ0) is 18.0. The molecule has 8 nitrogen and oxygen atoms in total. The zero-order valence-corrected chi connectivity index (χ0v) is 14.0. The molecule has 0 aliphatic heterocycles. The number of aromatic nitrogens is 4. The maximum atomic E-state index is 12.4. The Morgan fingerprint density at radius 2 is 1.92 bits per heavy atom. The van der Waals surface area contributed by atoms with Gasteiger partial charge in [0.2, 0.25) is 0 Å². The van der Waals surface area contributed by atoms with Gasteiger partial charge in [0.25, 0.3) is 11.5 Å². The van der Waals surface area contributed by atoms with Crippen molar-refractivity contribution in [1.82, 2.24) is 20.4 Å². The van der Waals surface area contributed by atoms with Gasteiger partial charge >= 0.3 is 0 Å². The van der Waals surface area contributed by atoms with Crippen LogP contribution in [0.2, 0.25) is 0 Å². The minimum Gasteiger partial charge on any atom is -0.496 e. The molecule has 0 bridgehead atoms. The average molecular weight is 339 g/mol. The summed E-state index contributed by atoms with van der Waals surface area (Å²) in [4.78, 5) is 24.3. The fourth-order valence-corrected chi connectivity index (χ4v) is 2.47. The Labute approximate surface area is 143 Å². The van der Waals surface area contributed by atoms with Gasteiger partial charge in [-0.05, 0) is 31.5 Å². The molecule has 8 heteroatoms. The summed E-state index contributed by atoms with van der Waals surface area (Å²) in [6.07, 6.45) is 0. The predicted octanol–water partition coefficient (Wildman–Crippen LogP) is 2.04. The van der Waals surface area contributed by atoms with Crippen molar-refractivity contribution in [3.05, 3.63) is 57.5 Å². The van der Waals surface area contributed by atoms with Crippen molar-refractivity contribution in [3.63, 3.8) is 0 Å². The maximum Gasteiger partial charge on any atom is 0.277 e. The number of rotatable bonds is 4. The predicted molar refractivity (Wildman–Crippen MR) is 92.9 cm³/mol. The highest BCUT2D eigenvalue weighted by atomic mass is 16.5. The topological polar surface area (TPSA) is 113 Å². The molecule has 1 amide bonds. The van der Waals surface area contributed by atoms with Crippen molar-refractivity contribution in [3.8, 4) is 17.0 Å². The second kappa shape index (κ2) is 6.60. The zero-order valence-electron chi connectivity index (χ0n) is 14.0. The van der Waals surface area contributed by atoms with Crippen LogP contribution in [0.15, 0.2) is 35.1 Å². The van der Waals surface area contributed by atoms with Crippen LogP contribution in [-0.2, 0) is 0 Å². The van der Waals surface area contributed by atoms with Crippen LogP contribution in [0.5, 0.6) is 5.75 Å². The number of benzene rings is 1. The van der Waals surface area contributed by atoms with Crippen LogP contribution >= 0.6 is 0 Å². The van der Waals surface area contributed by atoms with Gasteiger partial charge in [-0.3, -0.25) is 14.7 Å². The van der Waals surface area contributed by atoms with Gasteiger partial charge in [-0.25, -0.2) is 5.10 Å². The van der Waals surface area contributed by atoms with Gasteiger partial charge in [0, 0.05) is 11.6 Å². The van der Waals surface area contributed by atoms with Crippen LogP contribution in [0.3, 0.4) is 0 Å². The average Bonchev–Trinajstić information content (AvgIpc) is 3.06. The molecule has 2 heterocycles. The molecule has 3 rings (SSSR count). The molecule has 0 saturated heterocycles. The Balaban J connectivity index is 1.89. The van der Waals surface area contributed by atoms with E-state index in [-0.39, 0.29) is 5.56 Å². The van der Waals surface area contributed by atoms with Gasteiger partial charge in [-0.1, -0.05) is 12.1 Å². The number of H-pyrrole nitrogens is 2. The van der Waals surface area contributed by atoms with Crippen LogP contribution in [0, 0.1) is 13.8 Å². The van der Waals surface area contributed by atoms with Gasteiger partial charge in [-0.15, -0.1) is 0 Å². The van der Waals surface area contributed by atoms with Gasteiger partial charge in [0.15, 0.2) is 5.82 Å². The standard InChI is InChI=1S/C17H17N5O3/c1-9-10(2)19-22-17(24)15(9)16(23)18-14-8-12(20-21-14)11-6-4-5-7-13(11)25-3/h4-8H,1-3H3,(H,22,24)(H2,18,20,21,23). The third kappa shape index (κ3) is 3.14. The number of ether oxygens (including phenoxy) is 1. The van der Waals surface area contributed by atoms with Crippen molar-refractivity contribution in [2.24, 2.45) is 0 Å². The number of methoxy groups -OCH3 is 1. The number of hydrogen-bond acceptors (Lipinski definition) is 5. The van der Waals surface area contributed by atoms with E-state index in [1.165, 1.54) is 0 Å². The summed E-state index contributed by atoms with van der Waals surface area (Å²) < 4.78 is 5.32. The monoisotopic (exact) mass is 339 g/mol. The number of carbonyl (C=O) groups is 1. The summed E-state index contributed by atoms with van der Waals surface area (Å²) in [5.41, 5.74) is 2.09. The van der Waals surface area contributed by atoms with E-state index in [1.54, 1.807) is 27.0 Å². The molecule has 0 spiro atoms. The highest BCUT2D eigenvalue weighted by molar-refractivity contribution is 6.04. The molecule has 0 aliphatic rings. The third-order valence-electron chi connectivity index (χ3n) is 3.91. The van der Waals surface area contributed by atoms with Gasteiger partial charge < -0.3 is 10.1 Å². The van der Waals surface area contributed by atoms with Crippen molar-refractivity contribution in [1.29, 1.82) is 0 Å². The Kier molecular flexibility index (Phi) is 4.34. The third-order valence-corrected chi connectivity index (χ3v) is 3.91. The smallest absolute Gasteiger partial charge is 0.277 e. The summed E-state index contributed by atoms with van der Waals surface area (Å²) in [7, 11) is 1.58. The second-order valence-electron chi connectivity index (χ2n) is 5.46. The normalized spacial score (nSPS) is 10.5. The lowest BCUT2D eigenvalue weighted by Crippen LogP contribution is -2.26. The molecule has 1 aromatic carbocycles. The minimum atomic E-state index is -0.541. The van der Waals surface area contributed by atoms with E-state index >= 15 is 0 Å². The van der Waals surface area contributed by atoms with E-state index in [0.29, 0.717) is 28.5 Å². The molecule has 3 N–H and O–H groups in total. The first kappa shape index (κ1) is 16.4. The first-order chi connectivity index (χ1) is 12.0. The molecule has 25 heavy (non-hydrogen) atoms. The van der Waals surface area contributed by atoms with Crippen LogP contribution in [0.25, 0.3) is 11.3 Å². The molecule has 2 aromatic heterocycles. The van der Waals surface area contributed by atoms with E-state index < -0.39 is 11.5 Å². The molecule has 0 atom stereocenters. The van der Waals surface area contributed by atoms with Crippen molar-refractivity contribution < 1.29 is 9.53 Å². The molecule has 0 aliphatic carbocycles. The molecule has 0 fully saturated rings. The van der Waals surface area contributed by atoms with E-state index in [0.717, 1.165) is 5.56 Å². The number of carbonyl (C=O) groups excluding carboxylic acids is 1. The minimum absolute atomic E-state index is 0.0225. The van der Waals surface area contributed by atoms with Crippen molar-refractivity contribution in [2.45, 2.75) is 13.8 Å². The number of aromatic amines is 2. The lowest BCUT2D eigenvalue weighted by Gasteiger charge is -2.06. The number of aryl methyl sites for hydroxylation is 1. The molecule has 3 aromatic rings. The Morgan fingerprint density at radius 3 is 2.68 bits per heavy atom. The summed E-state index contributed by atoms with van der Waals surface area (Å²) in [6, 6.07) is 9.12. The van der Waals surface area contributed by atoms with E-state index in [2.05, 4.69) is 25.7 Å². The maximum absolute atomic E-state index is 12.4. The Hall–Kier alpha value is -3.42. The lowest BCUT2D eigenvalue weighted by atomic mass is 10.1. The fourth-order valence-electron chi connectivity index (χ4n) is 2.47. The quantitative estimate of drug-likeness (QED) is 0.673. The molecular weight excluding hydrogens is 322 g/mol. The highest BCUT2D eigenvalue weighted by Crippen LogP contribution is 2.29. The first-order valence-corrected chi connectivity index (χ1v) is 7.57. The summed E-state index contributed by atoms with van der Waals surface area (Å²) in [6.45, 7) is 3.40. The van der Waals surface area contributed by atoms with Crippen LogP contribution < -0.4 is 15.6 Å².